The topological polar surface area (TPSA) is 38.3 Å². The summed E-state index contributed by atoms with van der Waals surface area (Å²) in [6.45, 7) is 11.0. The van der Waals surface area contributed by atoms with Gasteiger partial charge in [-0.3, -0.25) is 10.1 Å². The molecule has 4 heteroatoms. The van der Waals surface area contributed by atoms with Crippen molar-refractivity contribution in [2.75, 3.05) is 7.11 Å². The van der Waals surface area contributed by atoms with E-state index in [4.69, 9.17) is 4.74 Å². The summed E-state index contributed by atoms with van der Waals surface area (Å²) in [5.74, 6) is 0.581. The van der Waals surface area contributed by atoms with Crippen molar-refractivity contribution in [1.82, 2.24) is 5.32 Å². The quantitative estimate of drug-likeness (QED) is 0.761. The van der Waals surface area contributed by atoms with Crippen LogP contribution >= 0.6 is 11.8 Å². The number of nitrogens with one attached hydrogen (secondary N) is 1. The van der Waals surface area contributed by atoms with E-state index in [1.807, 2.05) is 11.8 Å². The lowest BCUT2D eigenvalue weighted by Gasteiger charge is -2.30. The van der Waals surface area contributed by atoms with Gasteiger partial charge < -0.3 is 4.74 Å². The average Bonchev–Trinajstić information content (AvgIpc) is 2.71. The molecule has 1 saturated carbocycles. The Labute approximate surface area is 122 Å². The summed E-state index contributed by atoms with van der Waals surface area (Å²) in [5.41, 5.74) is -0.461. The fourth-order valence-electron chi connectivity index (χ4n) is 2.70. The molecule has 0 saturated heterocycles. The molecular formula is C15H29NO2S. The second kappa shape index (κ2) is 6.98. The van der Waals surface area contributed by atoms with E-state index in [1.165, 1.54) is 7.11 Å². The SMILES string of the molecule is COC(=O)C1(NC(C)C)CCC(SC(C)C(C)C)C1. The van der Waals surface area contributed by atoms with Gasteiger partial charge in [0.2, 0.25) is 0 Å². The lowest BCUT2D eigenvalue weighted by atomic mass is 9.96. The normalized spacial score (nSPS) is 28.9. The first-order valence-electron chi connectivity index (χ1n) is 7.32. The molecule has 0 amide bonds. The zero-order chi connectivity index (χ0) is 14.6. The van der Waals surface area contributed by atoms with Crippen molar-refractivity contribution in [3.63, 3.8) is 0 Å². The summed E-state index contributed by atoms with van der Waals surface area (Å²) in [6.07, 6.45) is 2.87. The van der Waals surface area contributed by atoms with Crippen molar-refractivity contribution < 1.29 is 9.53 Å². The summed E-state index contributed by atoms with van der Waals surface area (Å²) in [5, 5.41) is 4.65. The number of thioether (sulfide) groups is 1. The predicted molar refractivity (Wildman–Crippen MR) is 82.5 cm³/mol. The van der Waals surface area contributed by atoms with Gasteiger partial charge in [0.25, 0.3) is 0 Å². The molecule has 0 aromatic carbocycles. The third-order valence-corrected chi connectivity index (χ3v) is 5.72. The number of hydrogen-bond donors (Lipinski definition) is 1. The number of ether oxygens (including phenoxy) is 1. The minimum atomic E-state index is -0.461. The van der Waals surface area contributed by atoms with Crippen LogP contribution in [0.2, 0.25) is 0 Å². The van der Waals surface area contributed by atoms with E-state index in [9.17, 15) is 4.79 Å². The lowest BCUT2D eigenvalue weighted by Crippen LogP contribution is -2.53. The molecule has 0 spiro atoms. The molecule has 1 fully saturated rings. The van der Waals surface area contributed by atoms with E-state index >= 15 is 0 Å². The zero-order valence-corrected chi connectivity index (χ0v) is 14.0. The lowest BCUT2D eigenvalue weighted by molar-refractivity contribution is -0.148. The maximum Gasteiger partial charge on any atom is 0.326 e. The molecule has 1 rings (SSSR count). The molecule has 19 heavy (non-hydrogen) atoms. The van der Waals surface area contributed by atoms with Crippen molar-refractivity contribution >= 4 is 17.7 Å². The van der Waals surface area contributed by atoms with Crippen LogP contribution < -0.4 is 5.32 Å². The average molecular weight is 287 g/mol. The van der Waals surface area contributed by atoms with Gasteiger partial charge in [0.05, 0.1) is 7.11 Å². The third-order valence-electron chi connectivity index (χ3n) is 3.96. The minimum absolute atomic E-state index is 0.0958. The first kappa shape index (κ1) is 16.8. The monoisotopic (exact) mass is 287 g/mol. The highest BCUT2D eigenvalue weighted by Gasteiger charge is 2.46. The molecule has 3 nitrogen and oxygen atoms in total. The molecule has 112 valence electrons. The second-order valence-corrected chi connectivity index (χ2v) is 8.01. The summed E-state index contributed by atoms with van der Waals surface area (Å²) in [7, 11) is 1.49. The summed E-state index contributed by atoms with van der Waals surface area (Å²) >= 11 is 2.02. The molecule has 1 aliphatic carbocycles. The summed E-state index contributed by atoms with van der Waals surface area (Å²) in [6, 6.07) is 0.297. The van der Waals surface area contributed by atoms with Crippen LogP contribution in [0.1, 0.15) is 53.9 Å². The molecule has 3 unspecified atom stereocenters. The van der Waals surface area contributed by atoms with Gasteiger partial charge in [-0.05, 0) is 39.0 Å². The van der Waals surface area contributed by atoms with Crippen LogP contribution in [0.25, 0.3) is 0 Å². The van der Waals surface area contributed by atoms with Crippen molar-refractivity contribution in [2.24, 2.45) is 5.92 Å². The van der Waals surface area contributed by atoms with E-state index in [0.29, 0.717) is 22.5 Å². The Hall–Kier alpha value is -0.220. The molecule has 0 radical (unpaired) electrons. The van der Waals surface area contributed by atoms with E-state index in [1.54, 1.807) is 0 Å². The predicted octanol–water partition coefficient (Wildman–Crippen LogP) is 3.23. The van der Waals surface area contributed by atoms with Crippen LogP contribution in [-0.4, -0.2) is 35.2 Å². The van der Waals surface area contributed by atoms with Crippen molar-refractivity contribution in [3.05, 3.63) is 0 Å². The Kier molecular flexibility index (Phi) is 6.18. The number of rotatable bonds is 6. The maximum absolute atomic E-state index is 12.1. The molecular weight excluding hydrogens is 258 g/mol. The van der Waals surface area contributed by atoms with Gasteiger partial charge in [-0.15, -0.1) is 0 Å². The molecule has 0 heterocycles. The van der Waals surface area contributed by atoms with Gasteiger partial charge in [0, 0.05) is 16.5 Å². The maximum atomic E-state index is 12.1. The summed E-state index contributed by atoms with van der Waals surface area (Å²) < 4.78 is 5.03. The van der Waals surface area contributed by atoms with E-state index in [-0.39, 0.29) is 5.97 Å². The smallest absolute Gasteiger partial charge is 0.326 e. The Morgan fingerprint density at radius 3 is 2.42 bits per heavy atom. The van der Waals surface area contributed by atoms with Crippen LogP contribution in [0.4, 0.5) is 0 Å². The van der Waals surface area contributed by atoms with Gasteiger partial charge in [-0.2, -0.15) is 11.8 Å². The van der Waals surface area contributed by atoms with E-state index < -0.39 is 5.54 Å². The number of carbonyl (C=O) groups excluding carboxylic acids is 1. The van der Waals surface area contributed by atoms with Gasteiger partial charge >= 0.3 is 5.97 Å². The fraction of sp³-hybridized carbons (Fsp3) is 0.933. The Balaban J connectivity index is 2.69. The Morgan fingerprint density at radius 2 is 1.95 bits per heavy atom. The second-order valence-electron chi connectivity index (χ2n) is 6.32. The van der Waals surface area contributed by atoms with E-state index in [0.717, 1.165) is 19.3 Å². The first-order chi connectivity index (χ1) is 8.80. The number of hydrogen-bond acceptors (Lipinski definition) is 4. The fourth-order valence-corrected chi connectivity index (χ4v) is 4.26. The third kappa shape index (κ3) is 4.38. The largest absolute Gasteiger partial charge is 0.468 e. The molecule has 0 aliphatic heterocycles. The Morgan fingerprint density at radius 1 is 1.32 bits per heavy atom. The van der Waals surface area contributed by atoms with Gasteiger partial charge in [0.15, 0.2) is 0 Å². The van der Waals surface area contributed by atoms with Crippen LogP contribution in [0.3, 0.4) is 0 Å². The molecule has 0 aromatic heterocycles. The highest BCUT2D eigenvalue weighted by molar-refractivity contribution is 8.00. The zero-order valence-electron chi connectivity index (χ0n) is 13.2. The van der Waals surface area contributed by atoms with Gasteiger partial charge in [0.1, 0.15) is 5.54 Å². The van der Waals surface area contributed by atoms with Crippen LogP contribution in [0.15, 0.2) is 0 Å². The molecule has 1 N–H and O–H groups in total. The van der Waals surface area contributed by atoms with Crippen LogP contribution in [-0.2, 0) is 9.53 Å². The minimum Gasteiger partial charge on any atom is -0.468 e. The Bertz CT molecular complexity index is 307. The number of methoxy groups -OCH3 is 1. The van der Waals surface area contributed by atoms with Crippen LogP contribution in [0, 0.1) is 5.92 Å². The summed E-state index contributed by atoms with van der Waals surface area (Å²) in [4.78, 5) is 12.1. The highest BCUT2D eigenvalue weighted by atomic mass is 32.2. The van der Waals surface area contributed by atoms with Crippen LogP contribution in [0.5, 0.6) is 0 Å². The van der Waals surface area contributed by atoms with Crippen molar-refractivity contribution in [1.29, 1.82) is 0 Å². The highest BCUT2D eigenvalue weighted by Crippen LogP contribution is 2.40. The van der Waals surface area contributed by atoms with Gasteiger partial charge in [-0.25, -0.2) is 0 Å². The molecule has 0 bridgehead atoms. The number of esters is 1. The molecule has 1 aliphatic rings. The standard InChI is InChI=1S/C15H29NO2S/c1-10(2)12(5)19-13-7-8-15(9-13,14(17)18-6)16-11(3)4/h10-13,16H,7-9H2,1-6H3. The molecule has 0 aromatic rings. The molecule has 3 atom stereocenters. The van der Waals surface area contributed by atoms with Gasteiger partial charge in [-0.1, -0.05) is 20.8 Å². The van der Waals surface area contributed by atoms with Crippen molar-refractivity contribution in [2.45, 2.75) is 76.0 Å². The van der Waals surface area contributed by atoms with E-state index in [2.05, 4.69) is 39.9 Å². The van der Waals surface area contributed by atoms with Crippen molar-refractivity contribution in [3.8, 4) is 0 Å². The number of carbonyl (C=O) groups is 1. The first-order valence-corrected chi connectivity index (χ1v) is 8.26.